The fourth-order valence-corrected chi connectivity index (χ4v) is 3.52. The molecule has 1 fully saturated rings. The molecule has 0 bridgehead atoms. The van der Waals surface area contributed by atoms with Crippen molar-refractivity contribution in [2.75, 3.05) is 13.1 Å². The van der Waals surface area contributed by atoms with Crippen LogP contribution in [0.2, 0.25) is 0 Å². The summed E-state index contributed by atoms with van der Waals surface area (Å²) in [6, 6.07) is 8.15. The zero-order chi connectivity index (χ0) is 20.9. The van der Waals surface area contributed by atoms with Crippen molar-refractivity contribution < 1.29 is 14.7 Å². The molecule has 3 rings (SSSR count). The van der Waals surface area contributed by atoms with Crippen molar-refractivity contribution in [3.8, 4) is 10.4 Å². The van der Waals surface area contributed by atoms with E-state index in [0.29, 0.717) is 25.9 Å². The Labute approximate surface area is 171 Å². The van der Waals surface area contributed by atoms with Crippen molar-refractivity contribution in [2.24, 2.45) is 0 Å². The number of rotatable bonds is 5. The third-order valence-electron chi connectivity index (χ3n) is 4.17. The highest BCUT2D eigenvalue weighted by molar-refractivity contribution is 7.13. The number of likely N-dealkylation sites (tertiary alicyclic amines) is 1. The summed E-state index contributed by atoms with van der Waals surface area (Å²) in [4.78, 5) is 28.3. The summed E-state index contributed by atoms with van der Waals surface area (Å²) in [7, 11) is 0. The van der Waals surface area contributed by atoms with Gasteiger partial charge in [-0.05, 0) is 24.5 Å². The van der Waals surface area contributed by atoms with Gasteiger partial charge >= 0.3 is 0 Å². The first-order chi connectivity index (χ1) is 13.5. The van der Waals surface area contributed by atoms with E-state index in [1.165, 1.54) is 10.4 Å². The number of amides is 2. The predicted molar refractivity (Wildman–Crippen MR) is 114 cm³/mol. The van der Waals surface area contributed by atoms with Crippen molar-refractivity contribution in [1.29, 1.82) is 0 Å². The average molecular weight is 406 g/mol. The minimum absolute atomic E-state index is 0.150. The maximum atomic E-state index is 11.0. The number of carbonyl (C=O) groups is 2. The molecule has 2 heterocycles. The summed E-state index contributed by atoms with van der Waals surface area (Å²) in [6.45, 7) is 9.69. The molecule has 1 aromatic carbocycles. The summed E-state index contributed by atoms with van der Waals surface area (Å²) in [5.74, 6) is 0.150. The second-order valence-electron chi connectivity index (χ2n) is 6.10. The van der Waals surface area contributed by atoms with Gasteiger partial charge in [0.2, 0.25) is 12.3 Å². The number of hydrogen-bond acceptors (Lipinski definition) is 5. The normalized spacial score (nSPS) is 15.0. The SMILES string of the molecule is CC.CCC(=O)N1CC[C@@H](O)C1.Cc1ncsc1-c1ccc(CNC=O)cc1. The van der Waals surface area contributed by atoms with Gasteiger partial charge in [-0.3, -0.25) is 9.59 Å². The number of aliphatic hydroxyl groups is 1. The van der Waals surface area contributed by atoms with Crippen LogP contribution < -0.4 is 5.32 Å². The lowest BCUT2D eigenvalue weighted by Gasteiger charge is -2.13. The number of nitrogens with one attached hydrogen (secondary N) is 1. The van der Waals surface area contributed by atoms with Gasteiger partial charge in [0, 0.05) is 26.1 Å². The summed E-state index contributed by atoms with van der Waals surface area (Å²) in [5, 5.41) is 11.7. The number of hydrogen-bond donors (Lipinski definition) is 2. The molecule has 154 valence electrons. The van der Waals surface area contributed by atoms with Crippen molar-refractivity contribution in [1.82, 2.24) is 15.2 Å². The minimum Gasteiger partial charge on any atom is -0.391 e. The van der Waals surface area contributed by atoms with Gasteiger partial charge in [-0.1, -0.05) is 45.0 Å². The van der Waals surface area contributed by atoms with E-state index in [-0.39, 0.29) is 12.0 Å². The standard InChI is InChI=1S/C12H12N2OS.C7H13NO2.C2H6/c1-9-12(16-8-14-9)11-4-2-10(3-5-11)6-13-7-15;1-2-7(10)8-4-3-6(9)5-8;1-2/h2-5,7-8H,6H2,1H3,(H,13,15);6,9H,2-5H2,1H3;1-2H3/t;6-;/m.1./s1. The van der Waals surface area contributed by atoms with E-state index in [1.54, 1.807) is 16.2 Å². The van der Waals surface area contributed by atoms with Crippen LogP contribution >= 0.6 is 11.3 Å². The second-order valence-corrected chi connectivity index (χ2v) is 6.95. The van der Waals surface area contributed by atoms with Gasteiger partial charge in [0.1, 0.15) is 0 Å². The Morgan fingerprint density at radius 3 is 2.50 bits per heavy atom. The molecule has 2 aromatic rings. The number of thiazole rings is 1. The molecule has 0 radical (unpaired) electrons. The summed E-state index contributed by atoms with van der Waals surface area (Å²) in [5.41, 5.74) is 5.18. The van der Waals surface area contributed by atoms with Crippen LogP contribution in [0.3, 0.4) is 0 Å². The lowest BCUT2D eigenvalue weighted by Crippen LogP contribution is -2.28. The lowest BCUT2D eigenvalue weighted by atomic mass is 10.1. The first-order valence-electron chi connectivity index (χ1n) is 9.67. The second kappa shape index (κ2) is 13.0. The van der Waals surface area contributed by atoms with Crippen LogP contribution in [-0.4, -0.2) is 46.5 Å². The number of β-amino-alcohol motifs (C(OH)–C–C–N with tert-alkyl or cyclic N) is 1. The predicted octanol–water partition coefficient (Wildman–Crippen LogP) is 3.38. The molecule has 1 atom stereocenters. The first-order valence-corrected chi connectivity index (χ1v) is 10.5. The van der Waals surface area contributed by atoms with Crippen LogP contribution in [0, 0.1) is 6.92 Å². The number of aryl methyl sites for hydroxylation is 1. The Kier molecular flexibility index (Phi) is 11.1. The summed E-state index contributed by atoms with van der Waals surface area (Å²) >= 11 is 1.64. The van der Waals surface area contributed by atoms with Gasteiger partial charge < -0.3 is 15.3 Å². The number of benzene rings is 1. The van der Waals surface area contributed by atoms with E-state index in [4.69, 9.17) is 5.11 Å². The van der Waals surface area contributed by atoms with Crippen LogP contribution in [0.4, 0.5) is 0 Å². The molecular formula is C21H31N3O3S. The van der Waals surface area contributed by atoms with Crippen molar-refractivity contribution in [3.05, 3.63) is 41.0 Å². The zero-order valence-electron chi connectivity index (χ0n) is 17.1. The van der Waals surface area contributed by atoms with Crippen molar-refractivity contribution in [3.63, 3.8) is 0 Å². The molecule has 1 aromatic heterocycles. The largest absolute Gasteiger partial charge is 0.391 e. The van der Waals surface area contributed by atoms with Crippen LogP contribution in [0.15, 0.2) is 29.8 Å². The van der Waals surface area contributed by atoms with Gasteiger partial charge in [-0.2, -0.15) is 0 Å². The van der Waals surface area contributed by atoms with Gasteiger partial charge in [0.05, 0.1) is 22.2 Å². The maximum absolute atomic E-state index is 11.0. The van der Waals surface area contributed by atoms with E-state index >= 15 is 0 Å². The monoisotopic (exact) mass is 405 g/mol. The van der Waals surface area contributed by atoms with Crippen molar-refractivity contribution >= 4 is 23.7 Å². The highest BCUT2D eigenvalue weighted by Crippen LogP contribution is 2.27. The molecule has 0 aliphatic carbocycles. The Morgan fingerprint density at radius 2 is 2.04 bits per heavy atom. The highest BCUT2D eigenvalue weighted by Gasteiger charge is 2.22. The number of carbonyl (C=O) groups excluding carboxylic acids is 2. The molecule has 1 aliphatic heterocycles. The minimum atomic E-state index is -0.282. The molecule has 1 saturated heterocycles. The number of nitrogens with zero attached hydrogens (tertiary/aromatic N) is 2. The van der Waals surface area contributed by atoms with Gasteiger partial charge in [-0.15, -0.1) is 11.3 Å². The molecule has 1 aliphatic rings. The lowest BCUT2D eigenvalue weighted by molar-refractivity contribution is -0.130. The molecule has 2 N–H and O–H groups in total. The fourth-order valence-electron chi connectivity index (χ4n) is 2.70. The van der Waals surface area contributed by atoms with Gasteiger partial charge in [0.15, 0.2) is 0 Å². The Morgan fingerprint density at radius 1 is 1.36 bits per heavy atom. The van der Waals surface area contributed by atoms with Crippen LogP contribution in [0.5, 0.6) is 0 Å². The van der Waals surface area contributed by atoms with Gasteiger partial charge in [0.25, 0.3) is 0 Å². The molecule has 0 spiro atoms. The van der Waals surface area contributed by atoms with E-state index < -0.39 is 0 Å². The Hall–Kier alpha value is -2.25. The molecule has 6 nitrogen and oxygen atoms in total. The third kappa shape index (κ3) is 7.40. The topological polar surface area (TPSA) is 82.5 Å². The zero-order valence-corrected chi connectivity index (χ0v) is 18.0. The number of aliphatic hydroxyl groups excluding tert-OH is 1. The third-order valence-corrected chi connectivity index (χ3v) is 5.15. The van der Waals surface area contributed by atoms with E-state index in [0.717, 1.165) is 24.2 Å². The van der Waals surface area contributed by atoms with E-state index in [1.807, 2.05) is 45.3 Å². The Bertz CT molecular complexity index is 716. The summed E-state index contributed by atoms with van der Waals surface area (Å²) < 4.78 is 0. The summed E-state index contributed by atoms with van der Waals surface area (Å²) in [6.07, 6.45) is 1.72. The molecular weight excluding hydrogens is 374 g/mol. The van der Waals surface area contributed by atoms with Gasteiger partial charge in [-0.25, -0.2) is 4.98 Å². The molecule has 0 unspecified atom stereocenters. The molecule has 7 heteroatoms. The van der Waals surface area contributed by atoms with E-state index in [2.05, 4.69) is 22.4 Å². The smallest absolute Gasteiger partial charge is 0.222 e. The van der Waals surface area contributed by atoms with E-state index in [9.17, 15) is 9.59 Å². The molecule has 0 saturated carbocycles. The Balaban J connectivity index is 0.000000281. The quantitative estimate of drug-likeness (QED) is 0.747. The molecule has 28 heavy (non-hydrogen) atoms. The van der Waals surface area contributed by atoms with Crippen LogP contribution in [0.25, 0.3) is 10.4 Å². The van der Waals surface area contributed by atoms with Crippen LogP contribution in [-0.2, 0) is 16.1 Å². The van der Waals surface area contributed by atoms with Crippen LogP contribution in [0.1, 0.15) is 44.9 Å². The van der Waals surface area contributed by atoms with Crippen molar-refractivity contribution in [2.45, 2.75) is 53.2 Å². The fraction of sp³-hybridized carbons (Fsp3) is 0.476. The first kappa shape index (κ1) is 23.8. The number of aromatic nitrogens is 1. The molecule has 2 amide bonds. The highest BCUT2D eigenvalue weighted by atomic mass is 32.1. The maximum Gasteiger partial charge on any atom is 0.222 e. The average Bonchev–Trinajstić information content (AvgIpc) is 3.36.